The zero-order valence-electron chi connectivity index (χ0n) is 14.5. The van der Waals surface area contributed by atoms with Gasteiger partial charge in [-0.1, -0.05) is 13.0 Å². The summed E-state index contributed by atoms with van der Waals surface area (Å²) in [6, 6.07) is 3.73. The van der Waals surface area contributed by atoms with Crippen LogP contribution >= 0.6 is 0 Å². The summed E-state index contributed by atoms with van der Waals surface area (Å²) in [6.07, 6.45) is 2.21. The number of carbonyl (C=O) groups is 1. The van der Waals surface area contributed by atoms with Gasteiger partial charge in [0.1, 0.15) is 5.78 Å². The molecule has 0 spiro atoms. The monoisotopic (exact) mass is 331 g/mol. The minimum atomic E-state index is -0.996. The van der Waals surface area contributed by atoms with Crippen LogP contribution in [0, 0.1) is 5.92 Å². The minimum Gasteiger partial charge on any atom is -0.504 e. The van der Waals surface area contributed by atoms with Crippen molar-refractivity contribution in [2.75, 3.05) is 20.7 Å². The number of aliphatic hydroxyl groups is 1. The summed E-state index contributed by atoms with van der Waals surface area (Å²) in [5.41, 5.74) is 0.0425. The number of phenols is 1. The molecule has 2 bridgehead atoms. The summed E-state index contributed by atoms with van der Waals surface area (Å²) in [7, 11) is 3.57. The maximum Gasteiger partial charge on any atom is 0.161 e. The number of benzene rings is 1. The number of fused-ring (bicyclic) bond motifs is 1. The molecule has 1 saturated heterocycles. The van der Waals surface area contributed by atoms with Crippen molar-refractivity contribution in [3.05, 3.63) is 23.3 Å². The number of phenolic OH excluding ortho intramolecular Hbond substituents is 1. The second kappa shape index (κ2) is 4.96. The second-order valence-electron chi connectivity index (χ2n) is 7.68. The summed E-state index contributed by atoms with van der Waals surface area (Å²) in [5, 5.41) is 22.7. The lowest BCUT2D eigenvalue weighted by molar-refractivity contribution is -0.183. The number of hydrogen-bond acceptors (Lipinski definition) is 5. The van der Waals surface area contributed by atoms with Crippen molar-refractivity contribution < 1.29 is 19.7 Å². The Morgan fingerprint density at radius 1 is 1.33 bits per heavy atom. The number of likely N-dealkylation sites (tertiary alicyclic amines) is 1. The van der Waals surface area contributed by atoms with Gasteiger partial charge in [-0.05, 0) is 44.5 Å². The number of methoxy groups -OCH3 is 1. The van der Waals surface area contributed by atoms with Crippen LogP contribution in [0.4, 0.5) is 0 Å². The molecule has 1 unspecified atom stereocenters. The summed E-state index contributed by atoms with van der Waals surface area (Å²) in [6.45, 7) is 2.73. The van der Waals surface area contributed by atoms with E-state index in [-0.39, 0.29) is 23.5 Å². The van der Waals surface area contributed by atoms with E-state index in [1.807, 2.05) is 20.0 Å². The second-order valence-corrected chi connectivity index (χ2v) is 7.68. The van der Waals surface area contributed by atoms with Gasteiger partial charge in [-0.15, -0.1) is 0 Å². The maximum atomic E-state index is 12.6. The Morgan fingerprint density at radius 2 is 2.08 bits per heavy atom. The van der Waals surface area contributed by atoms with E-state index in [2.05, 4.69) is 4.90 Å². The predicted octanol–water partition coefficient (Wildman–Crippen LogP) is 1.63. The van der Waals surface area contributed by atoms with E-state index in [1.54, 1.807) is 6.07 Å². The van der Waals surface area contributed by atoms with Crippen molar-refractivity contribution >= 4 is 5.78 Å². The molecule has 2 N–H and O–H groups in total. The third kappa shape index (κ3) is 1.64. The molecule has 5 heteroatoms. The fourth-order valence-electron chi connectivity index (χ4n) is 5.71. The molecule has 0 aromatic heterocycles. The van der Waals surface area contributed by atoms with Crippen LogP contribution in [0.3, 0.4) is 0 Å². The Hall–Kier alpha value is -1.59. The first kappa shape index (κ1) is 15.9. The lowest BCUT2D eigenvalue weighted by Crippen LogP contribution is -2.75. The molecule has 1 aliphatic heterocycles. The van der Waals surface area contributed by atoms with Crippen LogP contribution in [0.2, 0.25) is 0 Å². The smallest absolute Gasteiger partial charge is 0.161 e. The van der Waals surface area contributed by atoms with Gasteiger partial charge in [0.15, 0.2) is 11.5 Å². The molecule has 4 rings (SSSR count). The first-order valence-electron chi connectivity index (χ1n) is 8.71. The van der Waals surface area contributed by atoms with E-state index in [4.69, 9.17) is 4.74 Å². The molecule has 2 aliphatic carbocycles. The predicted molar refractivity (Wildman–Crippen MR) is 89.4 cm³/mol. The molecular weight excluding hydrogens is 306 g/mol. The highest BCUT2D eigenvalue weighted by atomic mass is 16.5. The van der Waals surface area contributed by atoms with E-state index >= 15 is 0 Å². The molecule has 1 aromatic rings. The van der Waals surface area contributed by atoms with Crippen LogP contribution < -0.4 is 4.74 Å². The van der Waals surface area contributed by atoms with Crippen LogP contribution in [0.15, 0.2) is 12.1 Å². The van der Waals surface area contributed by atoms with Crippen LogP contribution in [0.1, 0.15) is 37.3 Å². The third-order valence-electron chi connectivity index (χ3n) is 7.00. The number of ether oxygens (including phenoxy) is 1. The van der Waals surface area contributed by atoms with Crippen molar-refractivity contribution in [1.29, 1.82) is 0 Å². The van der Waals surface area contributed by atoms with E-state index in [1.165, 1.54) is 7.11 Å². The van der Waals surface area contributed by atoms with Crippen LogP contribution in [-0.4, -0.2) is 53.2 Å². The normalized spacial score (nSPS) is 38.4. The van der Waals surface area contributed by atoms with Crippen molar-refractivity contribution in [2.45, 2.75) is 49.7 Å². The topological polar surface area (TPSA) is 70.0 Å². The van der Waals surface area contributed by atoms with Crippen LogP contribution in [0.25, 0.3) is 0 Å². The Balaban J connectivity index is 2.05. The highest BCUT2D eigenvalue weighted by Crippen LogP contribution is 2.62. The number of piperidine rings is 1. The van der Waals surface area contributed by atoms with E-state index in [9.17, 15) is 15.0 Å². The molecule has 24 heavy (non-hydrogen) atoms. The summed E-state index contributed by atoms with van der Waals surface area (Å²) < 4.78 is 5.31. The summed E-state index contributed by atoms with van der Waals surface area (Å²) in [5.74, 6) is 0.369. The van der Waals surface area contributed by atoms with Gasteiger partial charge in [0, 0.05) is 29.4 Å². The number of carbonyl (C=O) groups excluding carboxylic acids is 1. The molecule has 1 heterocycles. The van der Waals surface area contributed by atoms with Gasteiger partial charge in [0.2, 0.25) is 0 Å². The van der Waals surface area contributed by atoms with Gasteiger partial charge in [0.25, 0.3) is 0 Å². The standard InChI is InChI=1S/C19H25NO4/c1-11-13(21)6-7-19(23)15-10-12-4-5-14(24-3)17(22)16(12)18(11,19)8-9-20(15)2/h4-5,11,15,22-23H,6-10H2,1-3H3/t11?,15-,18-,19-/m1/s1. The zero-order valence-corrected chi connectivity index (χ0v) is 14.5. The number of nitrogens with zero attached hydrogens (tertiary/aromatic N) is 1. The molecule has 4 atom stereocenters. The van der Waals surface area contributed by atoms with Gasteiger partial charge in [-0.3, -0.25) is 4.79 Å². The number of likely N-dealkylation sites (N-methyl/N-ethyl adjacent to an activating group) is 1. The first-order chi connectivity index (χ1) is 11.4. The molecule has 3 aliphatic rings. The van der Waals surface area contributed by atoms with Crippen molar-refractivity contribution in [3.8, 4) is 11.5 Å². The van der Waals surface area contributed by atoms with Crippen molar-refractivity contribution in [2.24, 2.45) is 5.92 Å². The highest BCUT2D eigenvalue weighted by molar-refractivity contribution is 5.85. The fourth-order valence-corrected chi connectivity index (χ4v) is 5.71. The zero-order chi connectivity index (χ0) is 17.3. The molecular formula is C19H25NO4. The fraction of sp³-hybridized carbons (Fsp3) is 0.632. The quantitative estimate of drug-likeness (QED) is 0.818. The number of aromatic hydroxyl groups is 1. The Morgan fingerprint density at radius 3 is 2.79 bits per heavy atom. The van der Waals surface area contributed by atoms with Crippen molar-refractivity contribution in [3.63, 3.8) is 0 Å². The first-order valence-corrected chi connectivity index (χ1v) is 8.71. The lowest BCUT2D eigenvalue weighted by atomic mass is 9.46. The lowest BCUT2D eigenvalue weighted by Gasteiger charge is -2.64. The summed E-state index contributed by atoms with van der Waals surface area (Å²) in [4.78, 5) is 14.8. The number of ketones is 1. The van der Waals surface area contributed by atoms with Gasteiger partial charge in [-0.2, -0.15) is 0 Å². The molecule has 130 valence electrons. The van der Waals surface area contributed by atoms with Gasteiger partial charge >= 0.3 is 0 Å². The Kier molecular flexibility index (Phi) is 3.29. The minimum absolute atomic E-state index is 0.0258. The number of rotatable bonds is 1. The SMILES string of the molecule is COc1ccc2c(c1O)[C@]13CCN(C)[C@H](C2)[C@]1(O)CCC(=O)C3C. The third-order valence-corrected chi connectivity index (χ3v) is 7.00. The van der Waals surface area contributed by atoms with E-state index in [0.717, 1.165) is 17.7 Å². The van der Waals surface area contributed by atoms with Gasteiger partial charge < -0.3 is 19.8 Å². The molecule has 0 radical (unpaired) electrons. The van der Waals surface area contributed by atoms with Crippen molar-refractivity contribution in [1.82, 2.24) is 4.90 Å². The molecule has 1 saturated carbocycles. The summed E-state index contributed by atoms with van der Waals surface area (Å²) >= 11 is 0. The molecule has 0 amide bonds. The van der Waals surface area contributed by atoms with Crippen LogP contribution in [0.5, 0.6) is 11.5 Å². The molecule has 5 nitrogen and oxygen atoms in total. The van der Waals surface area contributed by atoms with Gasteiger partial charge in [-0.25, -0.2) is 0 Å². The average Bonchev–Trinajstić information content (AvgIpc) is 2.55. The molecule has 1 aromatic carbocycles. The van der Waals surface area contributed by atoms with E-state index in [0.29, 0.717) is 31.4 Å². The number of Topliss-reactive ketones (excluding diaryl/α,β-unsaturated/α-hetero) is 1. The Labute approximate surface area is 142 Å². The van der Waals surface area contributed by atoms with E-state index < -0.39 is 11.0 Å². The largest absolute Gasteiger partial charge is 0.504 e. The molecule has 2 fully saturated rings. The average molecular weight is 331 g/mol. The van der Waals surface area contributed by atoms with Crippen LogP contribution in [-0.2, 0) is 16.6 Å². The number of hydrogen-bond donors (Lipinski definition) is 2. The van der Waals surface area contributed by atoms with Gasteiger partial charge in [0.05, 0.1) is 12.7 Å². The highest BCUT2D eigenvalue weighted by Gasteiger charge is 2.67. The maximum absolute atomic E-state index is 12.6. The Bertz CT molecular complexity index is 718.